The fourth-order valence-corrected chi connectivity index (χ4v) is 3.55. The summed E-state index contributed by atoms with van der Waals surface area (Å²) in [5, 5.41) is 0. The van der Waals surface area contributed by atoms with E-state index < -0.39 is 0 Å². The Morgan fingerprint density at radius 3 is 2.48 bits per heavy atom. The minimum absolute atomic E-state index is 0.181. The van der Waals surface area contributed by atoms with Crippen molar-refractivity contribution < 1.29 is 0 Å². The molecule has 2 heterocycles. The van der Waals surface area contributed by atoms with Crippen molar-refractivity contribution in [2.45, 2.75) is 59.0 Å². The second-order valence-electron chi connectivity index (χ2n) is 7.48. The van der Waals surface area contributed by atoms with Crippen molar-refractivity contribution in [2.75, 3.05) is 13.1 Å². The monoisotopic (exact) mass is 289 g/mol. The molecule has 3 heteroatoms. The van der Waals surface area contributed by atoms with Crippen LogP contribution in [0, 0.1) is 11.3 Å². The lowest BCUT2D eigenvalue weighted by atomic mass is 9.75. The van der Waals surface area contributed by atoms with Gasteiger partial charge in [0, 0.05) is 18.4 Å². The predicted octanol–water partition coefficient (Wildman–Crippen LogP) is 3.62. The molecule has 1 aliphatic rings. The zero-order valence-corrected chi connectivity index (χ0v) is 14.0. The Kier molecular flexibility index (Phi) is 5.39. The number of hydrogen-bond acceptors (Lipinski definition) is 3. The zero-order valence-electron chi connectivity index (χ0n) is 14.0. The van der Waals surface area contributed by atoms with Crippen LogP contribution in [0.3, 0.4) is 0 Å². The van der Waals surface area contributed by atoms with Crippen LogP contribution in [0.15, 0.2) is 24.5 Å². The van der Waals surface area contributed by atoms with Crippen LogP contribution >= 0.6 is 0 Å². The smallest absolute Gasteiger partial charge is 0.0514 e. The molecule has 2 unspecified atom stereocenters. The number of piperidine rings is 1. The van der Waals surface area contributed by atoms with Crippen LogP contribution in [-0.4, -0.2) is 29.0 Å². The topological polar surface area (TPSA) is 42.1 Å². The minimum Gasteiger partial charge on any atom is -0.326 e. The van der Waals surface area contributed by atoms with E-state index in [0.29, 0.717) is 11.5 Å². The molecule has 118 valence electrons. The Hall–Kier alpha value is -0.930. The van der Waals surface area contributed by atoms with Gasteiger partial charge >= 0.3 is 0 Å². The van der Waals surface area contributed by atoms with Crippen LogP contribution in [0.2, 0.25) is 0 Å². The number of likely N-dealkylation sites (tertiary alicyclic amines) is 1. The quantitative estimate of drug-likeness (QED) is 0.920. The molecule has 0 amide bonds. The Morgan fingerprint density at radius 1 is 1.33 bits per heavy atom. The third kappa shape index (κ3) is 4.04. The highest BCUT2D eigenvalue weighted by molar-refractivity contribution is 5.16. The van der Waals surface area contributed by atoms with Gasteiger partial charge in [-0.1, -0.05) is 33.8 Å². The molecule has 1 aromatic heterocycles. The van der Waals surface area contributed by atoms with E-state index in [1.54, 1.807) is 0 Å². The number of pyridine rings is 1. The first kappa shape index (κ1) is 16.4. The van der Waals surface area contributed by atoms with Crippen molar-refractivity contribution in [1.29, 1.82) is 0 Å². The van der Waals surface area contributed by atoms with Crippen molar-refractivity contribution in [3.63, 3.8) is 0 Å². The molecule has 0 aromatic carbocycles. The molecule has 0 aliphatic carbocycles. The zero-order chi connectivity index (χ0) is 15.5. The van der Waals surface area contributed by atoms with Gasteiger partial charge in [-0.25, -0.2) is 0 Å². The van der Waals surface area contributed by atoms with Gasteiger partial charge in [0.25, 0.3) is 0 Å². The van der Waals surface area contributed by atoms with E-state index >= 15 is 0 Å². The first-order valence-electron chi connectivity index (χ1n) is 8.33. The second-order valence-corrected chi connectivity index (χ2v) is 7.48. The fourth-order valence-electron chi connectivity index (χ4n) is 3.55. The van der Waals surface area contributed by atoms with E-state index in [9.17, 15) is 0 Å². The number of hydrogen-bond donors (Lipinski definition) is 1. The lowest BCUT2D eigenvalue weighted by Crippen LogP contribution is -2.46. The first-order valence-corrected chi connectivity index (χ1v) is 8.33. The normalized spacial score (nSPS) is 21.2. The van der Waals surface area contributed by atoms with E-state index in [0.717, 1.165) is 25.4 Å². The summed E-state index contributed by atoms with van der Waals surface area (Å²) in [5.41, 5.74) is 8.12. The summed E-state index contributed by atoms with van der Waals surface area (Å²) in [6, 6.07) is 4.68. The molecule has 3 nitrogen and oxygen atoms in total. The standard InChI is InChI=1S/C18H31N3/c1-5-16(19)17(14-7-6-10-20-13-14)21-11-8-15(9-12-21)18(2,3)4/h6-7,10,13,15-17H,5,8-9,11-12,19H2,1-4H3. The van der Waals surface area contributed by atoms with Gasteiger partial charge in [-0.3, -0.25) is 9.88 Å². The highest BCUT2D eigenvalue weighted by atomic mass is 15.2. The van der Waals surface area contributed by atoms with Crippen LogP contribution in [0.25, 0.3) is 0 Å². The summed E-state index contributed by atoms with van der Waals surface area (Å²) in [4.78, 5) is 6.87. The van der Waals surface area contributed by atoms with Crippen molar-refractivity contribution in [1.82, 2.24) is 9.88 Å². The van der Waals surface area contributed by atoms with Crippen molar-refractivity contribution >= 4 is 0 Å². The van der Waals surface area contributed by atoms with E-state index in [-0.39, 0.29) is 6.04 Å². The van der Waals surface area contributed by atoms with E-state index in [2.05, 4.69) is 43.6 Å². The van der Waals surface area contributed by atoms with Gasteiger partial charge in [0.2, 0.25) is 0 Å². The van der Waals surface area contributed by atoms with Gasteiger partial charge in [-0.2, -0.15) is 0 Å². The van der Waals surface area contributed by atoms with Crippen molar-refractivity contribution in [3.05, 3.63) is 30.1 Å². The lowest BCUT2D eigenvalue weighted by molar-refractivity contribution is 0.0721. The summed E-state index contributed by atoms with van der Waals surface area (Å²) in [5.74, 6) is 0.821. The Bertz CT molecular complexity index is 416. The van der Waals surface area contributed by atoms with Gasteiger partial charge in [-0.15, -0.1) is 0 Å². The van der Waals surface area contributed by atoms with E-state index in [1.807, 2.05) is 18.5 Å². The molecular formula is C18H31N3. The molecule has 0 spiro atoms. The summed E-state index contributed by atoms with van der Waals surface area (Å²) in [7, 11) is 0. The average molecular weight is 289 g/mol. The van der Waals surface area contributed by atoms with Crippen LogP contribution in [0.1, 0.15) is 58.6 Å². The molecule has 1 aromatic rings. The average Bonchev–Trinajstić information content (AvgIpc) is 2.48. The third-order valence-electron chi connectivity index (χ3n) is 5.05. The molecule has 21 heavy (non-hydrogen) atoms. The van der Waals surface area contributed by atoms with Gasteiger partial charge in [-0.05, 0) is 55.3 Å². The maximum absolute atomic E-state index is 6.43. The van der Waals surface area contributed by atoms with Crippen molar-refractivity contribution in [2.24, 2.45) is 17.1 Å². The largest absolute Gasteiger partial charge is 0.326 e. The number of nitrogens with zero attached hydrogens (tertiary/aromatic N) is 2. The van der Waals surface area contributed by atoms with E-state index in [1.165, 1.54) is 18.4 Å². The third-order valence-corrected chi connectivity index (χ3v) is 5.05. The maximum Gasteiger partial charge on any atom is 0.0514 e. The van der Waals surface area contributed by atoms with Gasteiger partial charge in [0.15, 0.2) is 0 Å². The molecule has 1 fully saturated rings. The fraction of sp³-hybridized carbons (Fsp3) is 0.722. The summed E-state index contributed by atoms with van der Waals surface area (Å²) >= 11 is 0. The first-order chi connectivity index (χ1) is 9.93. The van der Waals surface area contributed by atoms with Gasteiger partial charge in [0.1, 0.15) is 0 Å². The SMILES string of the molecule is CCC(N)C(c1cccnc1)N1CCC(C(C)(C)C)CC1. The summed E-state index contributed by atoms with van der Waals surface area (Å²) < 4.78 is 0. The molecule has 0 radical (unpaired) electrons. The minimum atomic E-state index is 0.181. The number of rotatable bonds is 4. The van der Waals surface area contributed by atoms with Crippen LogP contribution in [0.5, 0.6) is 0 Å². The van der Waals surface area contributed by atoms with Crippen molar-refractivity contribution in [3.8, 4) is 0 Å². The molecule has 2 N–H and O–H groups in total. The van der Waals surface area contributed by atoms with Gasteiger partial charge in [0.05, 0.1) is 6.04 Å². The molecule has 1 saturated heterocycles. The maximum atomic E-state index is 6.43. The number of nitrogens with two attached hydrogens (primary N) is 1. The molecule has 0 saturated carbocycles. The second kappa shape index (κ2) is 6.89. The van der Waals surface area contributed by atoms with Crippen LogP contribution in [-0.2, 0) is 0 Å². The summed E-state index contributed by atoms with van der Waals surface area (Å²) in [6.07, 6.45) is 7.37. The lowest BCUT2D eigenvalue weighted by Gasteiger charge is -2.43. The predicted molar refractivity (Wildman–Crippen MR) is 89.0 cm³/mol. The highest BCUT2D eigenvalue weighted by Crippen LogP contribution is 2.37. The molecule has 2 rings (SSSR count). The van der Waals surface area contributed by atoms with E-state index in [4.69, 9.17) is 5.73 Å². The highest BCUT2D eigenvalue weighted by Gasteiger charge is 2.33. The van der Waals surface area contributed by atoms with Crippen LogP contribution in [0.4, 0.5) is 0 Å². The molecule has 0 bridgehead atoms. The van der Waals surface area contributed by atoms with Crippen LogP contribution < -0.4 is 5.73 Å². The van der Waals surface area contributed by atoms with Gasteiger partial charge < -0.3 is 5.73 Å². The molecule has 2 atom stereocenters. The Balaban J connectivity index is 2.10. The Labute approximate surface area is 129 Å². The summed E-state index contributed by atoms with van der Waals surface area (Å²) in [6.45, 7) is 11.6. The Morgan fingerprint density at radius 2 is 2.00 bits per heavy atom. The number of aromatic nitrogens is 1. The molecule has 1 aliphatic heterocycles. The molecular weight excluding hydrogens is 258 g/mol.